The van der Waals surface area contributed by atoms with E-state index < -0.39 is 0 Å². The van der Waals surface area contributed by atoms with E-state index in [1.165, 1.54) is 0 Å². The first-order valence-electron chi connectivity index (χ1n) is 6.16. The van der Waals surface area contributed by atoms with Crippen molar-refractivity contribution in [2.24, 2.45) is 0 Å². The maximum absolute atomic E-state index is 5.62. The molecule has 2 rings (SSSR count). The molecule has 0 bridgehead atoms. The van der Waals surface area contributed by atoms with Crippen molar-refractivity contribution in [2.75, 3.05) is 20.0 Å². The van der Waals surface area contributed by atoms with Gasteiger partial charge in [0.1, 0.15) is 5.69 Å². The molecule has 1 heterocycles. The number of nitrogens with two attached hydrogens (primary N) is 1. The zero-order valence-electron chi connectivity index (χ0n) is 11.9. The lowest BCUT2D eigenvalue weighted by Gasteiger charge is -2.19. The van der Waals surface area contributed by atoms with Gasteiger partial charge in [-0.1, -0.05) is 19.0 Å². The fraction of sp³-hybridized carbons (Fsp3) is 0.357. The molecule has 1 aromatic heterocycles. The largest absolute Gasteiger partial charge is 0.493 e. The molecular weight excluding hydrogens is 324 g/mol. The molecule has 0 saturated heterocycles. The molecule has 108 valence electrons. The van der Waals surface area contributed by atoms with E-state index >= 15 is 0 Å². The van der Waals surface area contributed by atoms with Crippen molar-refractivity contribution >= 4 is 21.8 Å². The Morgan fingerprint density at radius 1 is 1.25 bits per heavy atom. The molecule has 6 heteroatoms. The minimum atomic E-state index is 0.212. The van der Waals surface area contributed by atoms with Crippen LogP contribution in [0.3, 0.4) is 0 Å². The highest BCUT2D eigenvalue weighted by Gasteiger charge is 2.23. The Hall–Kier alpha value is -1.69. The van der Waals surface area contributed by atoms with E-state index in [1.807, 2.05) is 6.07 Å². The summed E-state index contributed by atoms with van der Waals surface area (Å²) < 4.78 is 16.7. The van der Waals surface area contributed by atoms with Gasteiger partial charge in [0.15, 0.2) is 11.5 Å². The highest BCUT2D eigenvalue weighted by Crippen LogP contribution is 2.46. The van der Waals surface area contributed by atoms with E-state index in [2.05, 4.69) is 34.9 Å². The van der Waals surface area contributed by atoms with E-state index in [-0.39, 0.29) is 11.8 Å². The van der Waals surface area contributed by atoms with Gasteiger partial charge in [0, 0.05) is 21.7 Å². The Morgan fingerprint density at radius 3 is 2.40 bits per heavy atom. The summed E-state index contributed by atoms with van der Waals surface area (Å²) in [6.45, 7) is 4.16. The third-order valence-electron chi connectivity index (χ3n) is 3.02. The van der Waals surface area contributed by atoms with Crippen LogP contribution in [-0.4, -0.2) is 19.4 Å². The molecule has 0 radical (unpaired) electrons. The lowest BCUT2D eigenvalue weighted by molar-refractivity contribution is 0.350. The van der Waals surface area contributed by atoms with Gasteiger partial charge < -0.3 is 19.7 Å². The Bertz CT molecular complexity index is 623. The smallest absolute Gasteiger partial charge is 0.222 e. The fourth-order valence-corrected chi connectivity index (χ4v) is 2.83. The molecule has 0 aliphatic heterocycles. The zero-order chi connectivity index (χ0) is 14.9. The Morgan fingerprint density at radius 2 is 1.95 bits per heavy atom. The van der Waals surface area contributed by atoms with E-state index in [1.54, 1.807) is 20.3 Å². The van der Waals surface area contributed by atoms with E-state index in [4.69, 9.17) is 19.7 Å². The molecule has 0 spiro atoms. The van der Waals surface area contributed by atoms with Crippen molar-refractivity contribution in [3.8, 4) is 22.8 Å². The molecule has 0 amide bonds. The van der Waals surface area contributed by atoms with Crippen LogP contribution in [0.5, 0.6) is 11.5 Å². The van der Waals surface area contributed by atoms with E-state index in [9.17, 15) is 0 Å². The maximum Gasteiger partial charge on any atom is 0.222 e. The number of nitrogens with zero attached hydrogens (tertiary/aromatic N) is 1. The first kappa shape index (κ1) is 14.7. The van der Waals surface area contributed by atoms with E-state index in [0.717, 1.165) is 15.6 Å². The molecule has 0 aliphatic carbocycles. The van der Waals surface area contributed by atoms with Crippen LogP contribution in [-0.2, 0) is 0 Å². The summed E-state index contributed by atoms with van der Waals surface area (Å²) in [5.41, 5.74) is 8.18. The second-order valence-corrected chi connectivity index (χ2v) is 5.51. The third kappa shape index (κ3) is 2.47. The highest BCUT2D eigenvalue weighted by molar-refractivity contribution is 9.10. The van der Waals surface area contributed by atoms with Crippen LogP contribution < -0.4 is 15.2 Å². The summed E-state index contributed by atoms with van der Waals surface area (Å²) in [7, 11) is 3.24. The summed E-state index contributed by atoms with van der Waals surface area (Å²) in [5, 5.41) is 3.99. The van der Waals surface area contributed by atoms with E-state index in [0.29, 0.717) is 17.2 Å². The molecule has 20 heavy (non-hydrogen) atoms. The summed E-state index contributed by atoms with van der Waals surface area (Å²) in [5.74, 6) is 1.85. The second-order valence-electron chi connectivity index (χ2n) is 4.65. The van der Waals surface area contributed by atoms with Crippen LogP contribution in [0.25, 0.3) is 11.3 Å². The predicted octanol–water partition coefficient (Wildman–Crippen LogP) is 3.83. The van der Waals surface area contributed by atoms with Gasteiger partial charge in [0.05, 0.1) is 14.2 Å². The van der Waals surface area contributed by atoms with Gasteiger partial charge in [-0.05, 0) is 27.9 Å². The summed E-state index contributed by atoms with van der Waals surface area (Å²) in [4.78, 5) is 0. The zero-order valence-corrected chi connectivity index (χ0v) is 13.4. The molecule has 0 unspecified atom stereocenters. The Labute approximate surface area is 126 Å². The van der Waals surface area contributed by atoms with Gasteiger partial charge in [-0.3, -0.25) is 0 Å². The number of halogens is 1. The van der Waals surface area contributed by atoms with Crippen molar-refractivity contribution in [2.45, 2.75) is 19.8 Å². The van der Waals surface area contributed by atoms with Gasteiger partial charge in [-0.2, -0.15) is 0 Å². The predicted molar refractivity (Wildman–Crippen MR) is 81.2 cm³/mol. The number of nitrogen functional groups attached to an aromatic ring is 1. The van der Waals surface area contributed by atoms with Crippen molar-refractivity contribution in [3.05, 3.63) is 22.2 Å². The van der Waals surface area contributed by atoms with Crippen LogP contribution in [0.1, 0.15) is 25.3 Å². The quantitative estimate of drug-likeness (QED) is 0.915. The van der Waals surface area contributed by atoms with Crippen LogP contribution in [0.4, 0.5) is 5.88 Å². The average molecular weight is 341 g/mol. The van der Waals surface area contributed by atoms with Crippen molar-refractivity contribution in [1.82, 2.24) is 5.16 Å². The number of hydrogen-bond acceptors (Lipinski definition) is 5. The van der Waals surface area contributed by atoms with Gasteiger partial charge in [0.25, 0.3) is 0 Å². The number of hydrogen-bond donors (Lipinski definition) is 1. The molecule has 1 aromatic carbocycles. The molecule has 2 aromatic rings. The van der Waals surface area contributed by atoms with Crippen LogP contribution in [0, 0.1) is 0 Å². The summed E-state index contributed by atoms with van der Waals surface area (Å²) >= 11 is 3.56. The normalized spacial score (nSPS) is 10.9. The molecule has 0 saturated carbocycles. The summed E-state index contributed by atoms with van der Waals surface area (Å²) in [6, 6.07) is 3.54. The number of aromatic nitrogens is 1. The molecule has 2 N–H and O–H groups in total. The minimum absolute atomic E-state index is 0.212. The van der Waals surface area contributed by atoms with Gasteiger partial charge in [-0.25, -0.2) is 0 Å². The standard InChI is InChI=1S/C14H17BrN2O3/c1-7(2)12-13(9-6-11(16)20-17-9)8(15)5-10(18-3)14(12)19-4/h5-7H,16H2,1-4H3. The van der Waals surface area contributed by atoms with Gasteiger partial charge in [0.2, 0.25) is 5.88 Å². The number of anilines is 1. The Kier molecular flexibility index (Phi) is 4.23. The fourth-order valence-electron chi connectivity index (χ4n) is 2.21. The van der Waals surface area contributed by atoms with Crippen LogP contribution in [0.2, 0.25) is 0 Å². The van der Waals surface area contributed by atoms with Gasteiger partial charge >= 0.3 is 0 Å². The molecule has 5 nitrogen and oxygen atoms in total. The lowest BCUT2D eigenvalue weighted by atomic mass is 9.93. The summed E-state index contributed by atoms with van der Waals surface area (Å²) in [6.07, 6.45) is 0. The van der Waals surface area contributed by atoms with Crippen LogP contribution in [0.15, 0.2) is 21.1 Å². The van der Waals surface area contributed by atoms with Crippen LogP contribution >= 0.6 is 15.9 Å². The van der Waals surface area contributed by atoms with Crippen molar-refractivity contribution in [3.63, 3.8) is 0 Å². The molecular formula is C14H17BrN2O3. The SMILES string of the molecule is COc1cc(Br)c(-c2cc(N)on2)c(C(C)C)c1OC. The average Bonchev–Trinajstić information content (AvgIpc) is 2.83. The molecule has 0 fully saturated rings. The monoisotopic (exact) mass is 340 g/mol. The number of benzene rings is 1. The third-order valence-corrected chi connectivity index (χ3v) is 3.65. The van der Waals surface area contributed by atoms with Crippen molar-refractivity contribution in [1.29, 1.82) is 0 Å². The number of ether oxygens (including phenoxy) is 2. The maximum atomic E-state index is 5.62. The number of rotatable bonds is 4. The van der Waals surface area contributed by atoms with Gasteiger partial charge in [-0.15, -0.1) is 0 Å². The Balaban J connectivity index is 2.78. The highest BCUT2D eigenvalue weighted by atomic mass is 79.9. The molecule has 0 atom stereocenters. The molecule has 0 aliphatic rings. The lowest BCUT2D eigenvalue weighted by Crippen LogP contribution is -2.02. The minimum Gasteiger partial charge on any atom is -0.493 e. The number of methoxy groups -OCH3 is 2. The second kappa shape index (κ2) is 5.75. The van der Waals surface area contributed by atoms with Crippen molar-refractivity contribution < 1.29 is 14.0 Å². The first-order chi connectivity index (χ1) is 9.49. The topological polar surface area (TPSA) is 70.5 Å². The first-order valence-corrected chi connectivity index (χ1v) is 6.95.